The van der Waals surface area contributed by atoms with Crippen LogP contribution in [-0.2, 0) is 5.41 Å². The van der Waals surface area contributed by atoms with Gasteiger partial charge in [0.15, 0.2) is 0 Å². The van der Waals surface area contributed by atoms with E-state index in [4.69, 9.17) is 0 Å². The Labute approximate surface area is 202 Å². The largest absolute Gasteiger partial charge is 0.0714 e. The summed E-state index contributed by atoms with van der Waals surface area (Å²) in [5.74, 6) is 0. The van der Waals surface area contributed by atoms with Crippen LogP contribution in [0.2, 0.25) is 0 Å². The molecule has 5 aromatic rings. The highest BCUT2D eigenvalue weighted by Gasteiger charge is 2.47. The first-order valence-corrected chi connectivity index (χ1v) is 12.2. The van der Waals surface area contributed by atoms with E-state index in [1.165, 1.54) is 72.0 Å². The summed E-state index contributed by atoms with van der Waals surface area (Å²) in [6.45, 7) is 11.3. The normalized spacial score (nSPS) is 16.5. The van der Waals surface area contributed by atoms with Crippen LogP contribution >= 0.6 is 0 Å². The summed E-state index contributed by atoms with van der Waals surface area (Å²) in [7, 11) is 0. The van der Waals surface area contributed by atoms with Gasteiger partial charge < -0.3 is 0 Å². The van der Waals surface area contributed by atoms with Gasteiger partial charge in [-0.15, -0.1) is 0 Å². The van der Waals surface area contributed by atoms with Crippen LogP contribution in [0.5, 0.6) is 0 Å². The van der Waals surface area contributed by atoms with E-state index in [9.17, 15) is 0 Å². The number of aryl methyl sites for hydroxylation is 3. The summed E-state index contributed by atoms with van der Waals surface area (Å²) in [5, 5.41) is 2.64. The van der Waals surface area contributed by atoms with Crippen molar-refractivity contribution in [3.8, 4) is 11.1 Å². The van der Waals surface area contributed by atoms with Gasteiger partial charge in [-0.3, -0.25) is 0 Å². The third kappa shape index (κ3) is 2.66. The highest BCUT2D eigenvalue weighted by molar-refractivity contribution is 6.05. The molecule has 0 saturated carbocycles. The van der Waals surface area contributed by atoms with E-state index < -0.39 is 0 Å². The molecule has 1 unspecified atom stereocenters. The Kier molecular flexibility index (Phi) is 4.58. The summed E-state index contributed by atoms with van der Waals surface area (Å²) in [5.41, 5.74) is 14.8. The Hall–Kier alpha value is -3.64. The topological polar surface area (TPSA) is 0 Å². The fourth-order valence-electron chi connectivity index (χ4n) is 6.15. The average Bonchev–Trinajstić information content (AvgIpc) is 3.16. The summed E-state index contributed by atoms with van der Waals surface area (Å²) in [4.78, 5) is 0. The van der Waals surface area contributed by atoms with E-state index in [1.54, 1.807) is 0 Å². The molecule has 0 amide bonds. The second-order valence-corrected chi connectivity index (χ2v) is 9.99. The third-order valence-corrected chi connectivity index (χ3v) is 8.29. The lowest BCUT2D eigenvalue weighted by atomic mass is 9.67. The van der Waals surface area contributed by atoms with Gasteiger partial charge in [-0.1, -0.05) is 91.0 Å². The quantitative estimate of drug-likeness (QED) is 0.253. The van der Waals surface area contributed by atoms with Gasteiger partial charge in [-0.05, 0) is 107 Å². The second-order valence-electron chi connectivity index (χ2n) is 9.99. The molecule has 1 atom stereocenters. The van der Waals surface area contributed by atoms with Crippen molar-refractivity contribution in [2.75, 3.05) is 0 Å². The lowest BCUT2D eigenvalue weighted by molar-refractivity contribution is 0.765. The van der Waals surface area contributed by atoms with E-state index in [-0.39, 0.29) is 5.41 Å². The molecular weight excluding hydrogens is 408 g/mol. The van der Waals surface area contributed by atoms with E-state index in [1.807, 2.05) is 0 Å². The van der Waals surface area contributed by atoms with Crippen LogP contribution in [0.4, 0.5) is 0 Å². The van der Waals surface area contributed by atoms with Crippen LogP contribution in [0.25, 0.3) is 21.9 Å². The first-order valence-electron chi connectivity index (χ1n) is 12.2. The molecular formula is C34H30. The van der Waals surface area contributed by atoms with Crippen LogP contribution in [-0.4, -0.2) is 0 Å². The molecule has 0 heterocycles. The molecule has 0 spiro atoms. The average molecular weight is 439 g/mol. The molecule has 0 aliphatic heterocycles. The van der Waals surface area contributed by atoms with Gasteiger partial charge in [0, 0.05) is 0 Å². The number of fused-ring (bicyclic) bond motifs is 5. The van der Waals surface area contributed by atoms with Gasteiger partial charge in [0.1, 0.15) is 0 Å². The summed E-state index contributed by atoms with van der Waals surface area (Å²) in [6, 6.07) is 34.2. The van der Waals surface area contributed by atoms with Crippen LogP contribution in [0.3, 0.4) is 0 Å². The maximum atomic E-state index is 2.47. The van der Waals surface area contributed by atoms with Gasteiger partial charge in [-0.2, -0.15) is 0 Å². The second kappa shape index (κ2) is 7.43. The van der Waals surface area contributed by atoms with Crippen molar-refractivity contribution in [3.63, 3.8) is 0 Å². The molecule has 6 rings (SSSR count). The van der Waals surface area contributed by atoms with Crippen LogP contribution in [0.15, 0.2) is 91.0 Å². The molecule has 0 nitrogen and oxygen atoms in total. The minimum atomic E-state index is -0.350. The zero-order valence-electron chi connectivity index (χ0n) is 20.7. The minimum absolute atomic E-state index is 0.350. The smallest absolute Gasteiger partial charge is 0.0622 e. The van der Waals surface area contributed by atoms with Crippen LogP contribution < -0.4 is 0 Å². The van der Waals surface area contributed by atoms with E-state index in [0.29, 0.717) is 0 Å². The van der Waals surface area contributed by atoms with Gasteiger partial charge in [0.25, 0.3) is 0 Å². The predicted octanol–water partition coefficient (Wildman–Crippen LogP) is 8.75. The molecule has 0 saturated heterocycles. The summed E-state index contributed by atoms with van der Waals surface area (Å²) >= 11 is 0. The Morgan fingerprint density at radius 3 is 1.97 bits per heavy atom. The third-order valence-electron chi connectivity index (χ3n) is 8.29. The van der Waals surface area contributed by atoms with Gasteiger partial charge in [-0.25, -0.2) is 0 Å². The van der Waals surface area contributed by atoms with E-state index in [0.717, 1.165) is 0 Å². The van der Waals surface area contributed by atoms with Crippen molar-refractivity contribution in [3.05, 3.63) is 141 Å². The van der Waals surface area contributed by atoms with Gasteiger partial charge in [0.05, 0.1) is 5.41 Å². The molecule has 5 aromatic carbocycles. The number of hydrogen-bond acceptors (Lipinski definition) is 0. The Balaban J connectivity index is 1.89. The maximum absolute atomic E-state index is 2.47. The monoisotopic (exact) mass is 438 g/mol. The molecule has 0 fully saturated rings. The maximum Gasteiger partial charge on any atom is 0.0714 e. The Morgan fingerprint density at radius 2 is 1.21 bits per heavy atom. The van der Waals surface area contributed by atoms with Gasteiger partial charge >= 0.3 is 0 Å². The number of benzene rings is 5. The SMILES string of the molecule is Cc1ccc(C2(c3ccccc3)c3cc(C)c(C)c(C)c3-c3c2ccc2ccccc32)cc1C. The highest BCUT2D eigenvalue weighted by atomic mass is 14.5. The zero-order valence-corrected chi connectivity index (χ0v) is 20.7. The molecule has 166 valence electrons. The van der Waals surface area contributed by atoms with Crippen LogP contribution in [0, 0.1) is 34.6 Å². The van der Waals surface area contributed by atoms with Crippen molar-refractivity contribution < 1.29 is 0 Å². The number of hydrogen-bond donors (Lipinski definition) is 0. The Morgan fingerprint density at radius 1 is 0.471 bits per heavy atom. The lowest BCUT2D eigenvalue weighted by Gasteiger charge is -2.35. The Bertz CT molecular complexity index is 1590. The molecule has 34 heavy (non-hydrogen) atoms. The summed E-state index contributed by atoms with van der Waals surface area (Å²) in [6.07, 6.45) is 0. The molecule has 0 radical (unpaired) electrons. The first kappa shape index (κ1) is 20.9. The van der Waals surface area contributed by atoms with E-state index >= 15 is 0 Å². The van der Waals surface area contributed by atoms with Gasteiger partial charge in [0.2, 0.25) is 0 Å². The molecule has 1 aliphatic carbocycles. The van der Waals surface area contributed by atoms with E-state index in [2.05, 4.69) is 126 Å². The zero-order chi connectivity index (χ0) is 23.6. The summed E-state index contributed by atoms with van der Waals surface area (Å²) < 4.78 is 0. The van der Waals surface area contributed by atoms with Crippen LogP contribution in [0.1, 0.15) is 50.1 Å². The molecule has 0 aromatic heterocycles. The molecule has 0 heteroatoms. The molecule has 1 aliphatic rings. The predicted molar refractivity (Wildman–Crippen MR) is 145 cm³/mol. The molecule has 0 N–H and O–H groups in total. The van der Waals surface area contributed by atoms with Crippen molar-refractivity contribution in [2.45, 2.75) is 40.0 Å². The van der Waals surface area contributed by atoms with Crippen molar-refractivity contribution in [2.24, 2.45) is 0 Å². The fourth-order valence-corrected chi connectivity index (χ4v) is 6.15. The minimum Gasteiger partial charge on any atom is -0.0622 e. The highest BCUT2D eigenvalue weighted by Crippen LogP contribution is 2.59. The number of rotatable bonds is 2. The van der Waals surface area contributed by atoms with Crippen molar-refractivity contribution in [1.82, 2.24) is 0 Å². The fraction of sp³-hybridized carbons (Fsp3) is 0.176. The molecule has 0 bridgehead atoms. The van der Waals surface area contributed by atoms with Crippen molar-refractivity contribution in [1.29, 1.82) is 0 Å². The first-order chi connectivity index (χ1) is 16.4. The standard InChI is InChI=1S/C34H30/c1-21-15-17-28(19-22(21)2)34(27-12-7-6-8-13-27)30-18-16-26-11-9-10-14-29(26)33(30)32-25(5)24(4)23(3)20-31(32)34/h6-20H,1-5H3. The van der Waals surface area contributed by atoms with Crippen molar-refractivity contribution >= 4 is 10.8 Å². The lowest BCUT2D eigenvalue weighted by Crippen LogP contribution is -2.29.